The molecule has 1 unspecified atom stereocenters. The number of phenolic OH excluding ortho intramolecular Hbond substituents is 1. The number of hydrogen-bond donors (Lipinski definition) is 2. The summed E-state index contributed by atoms with van der Waals surface area (Å²) in [5.41, 5.74) is 1.37. The Bertz CT molecular complexity index is 283. The zero-order chi connectivity index (χ0) is 7.84. The van der Waals surface area contributed by atoms with Crippen LogP contribution in [0, 0.1) is 0 Å². The molecule has 0 spiro atoms. The highest BCUT2D eigenvalue weighted by atomic mass is 16.6. The number of benzene rings is 1. The first-order valence-electron chi connectivity index (χ1n) is 3.39. The van der Waals surface area contributed by atoms with Crippen LogP contribution in [-0.4, -0.2) is 10.2 Å². The smallest absolute Gasteiger partial charge is 0.182 e. The Balaban J connectivity index is 2.57. The highest BCUT2D eigenvalue weighted by Crippen LogP contribution is 2.33. The predicted octanol–water partition coefficient (Wildman–Crippen LogP) is 0.913. The maximum absolute atomic E-state index is 9.26. The first-order chi connectivity index (χ1) is 5.29. The lowest BCUT2D eigenvalue weighted by Crippen LogP contribution is -1.91. The van der Waals surface area contributed by atoms with Crippen LogP contribution in [0.4, 0.5) is 0 Å². The van der Waals surface area contributed by atoms with E-state index in [9.17, 15) is 10.2 Å². The van der Waals surface area contributed by atoms with Crippen LogP contribution < -0.4 is 0 Å². The maximum atomic E-state index is 9.26. The molecule has 0 saturated heterocycles. The minimum absolute atomic E-state index is 0.194. The largest absolute Gasteiger partial charge is 0.508 e. The first kappa shape index (κ1) is 6.64. The standard InChI is InChI=1S/C8H8O3/c9-7-3-1-2-5-6(7)4-11-8(5)10/h1-3,8-10H,4H2. The van der Waals surface area contributed by atoms with Gasteiger partial charge in [-0.3, -0.25) is 0 Å². The van der Waals surface area contributed by atoms with E-state index in [4.69, 9.17) is 4.74 Å². The normalized spacial score (nSPS) is 21.7. The molecule has 2 N–H and O–H groups in total. The Morgan fingerprint density at radius 2 is 2.27 bits per heavy atom. The summed E-state index contributed by atoms with van der Waals surface area (Å²) in [6.07, 6.45) is -0.864. The van der Waals surface area contributed by atoms with Crippen LogP contribution in [0.15, 0.2) is 18.2 Å². The van der Waals surface area contributed by atoms with Crippen molar-refractivity contribution in [2.75, 3.05) is 0 Å². The molecule has 0 amide bonds. The van der Waals surface area contributed by atoms with E-state index in [1.165, 1.54) is 0 Å². The number of aliphatic hydroxyl groups excluding tert-OH is 1. The molecule has 3 nitrogen and oxygen atoms in total. The molecule has 2 rings (SSSR count). The minimum Gasteiger partial charge on any atom is -0.508 e. The molecule has 0 aromatic heterocycles. The number of phenols is 1. The van der Waals surface area contributed by atoms with Crippen molar-refractivity contribution in [1.82, 2.24) is 0 Å². The van der Waals surface area contributed by atoms with E-state index in [1.54, 1.807) is 18.2 Å². The molecule has 58 valence electrons. The van der Waals surface area contributed by atoms with E-state index in [-0.39, 0.29) is 5.75 Å². The van der Waals surface area contributed by atoms with Crippen LogP contribution in [0.25, 0.3) is 0 Å². The lowest BCUT2D eigenvalue weighted by Gasteiger charge is -2.01. The van der Waals surface area contributed by atoms with Crippen LogP contribution in [0.1, 0.15) is 17.4 Å². The van der Waals surface area contributed by atoms with E-state index >= 15 is 0 Å². The minimum atomic E-state index is -0.864. The molecule has 1 aliphatic heterocycles. The lowest BCUT2D eigenvalue weighted by atomic mass is 10.1. The molecule has 0 radical (unpaired) electrons. The van der Waals surface area contributed by atoms with Crippen molar-refractivity contribution < 1.29 is 14.9 Å². The van der Waals surface area contributed by atoms with Gasteiger partial charge in [-0.1, -0.05) is 12.1 Å². The van der Waals surface area contributed by atoms with Crippen molar-refractivity contribution in [1.29, 1.82) is 0 Å². The second-order valence-corrected chi connectivity index (χ2v) is 2.51. The first-order valence-corrected chi connectivity index (χ1v) is 3.39. The summed E-state index contributed by atoms with van der Waals surface area (Å²) in [5, 5.41) is 18.4. The van der Waals surface area contributed by atoms with Gasteiger partial charge in [-0.05, 0) is 6.07 Å². The Morgan fingerprint density at radius 1 is 1.45 bits per heavy atom. The monoisotopic (exact) mass is 152 g/mol. The third-order valence-electron chi connectivity index (χ3n) is 1.84. The SMILES string of the molecule is Oc1cccc2c1COC2O. The molecule has 0 saturated carbocycles. The van der Waals surface area contributed by atoms with Crippen molar-refractivity contribution in [2.24, 2.45) is 0 Å². The average molecular weight is 152 g/mol. The summed E-state index contributed by atoms with van der Waals surface area (Å²) in [7, 11) is 0. The lowest BCUT2D eigenvalue weighted by molar-refractivity contribution is -0.0919. The van der Waals surface area contributed by atoms with Gasteiger partial charge in [0.2, 0.25) is 0 Å². The Kier molecular flexibility index (Phi) is 1.34. The van der Waals surface area contributed by atoms with Gasteiger partial charge in [0, 0.05) is 11.1 Å². The summed E-state index contributed by atoms with van der Waals surface area (Å²) < 4.78 is 4.90. The molecule has 1 aromatic rings. The number of rotatable bonds is 0. The van der Waals surface area contributed by atoms with E-state index in [0.717, 1.165) is 0 Å². The van der Waals surface area contributed by atoms with Crippen LogP contribution in [0.3, 0.4) is 0 Å². The molecule has 11 heavy (non-hydrogen) atoms. The fourth-order valence-electron chi connectivity index (χ4n) is 1.23. The topological polar surface area (TPSA) is 49.7 Å². The van der Waals surface area contributed by atoms with Crippen LogP contribution >= 0.6 is 0 Å². The molecule has 1 aromatic carbocycles. The molecule has 1 aliphatic rings. The van der Waals surface area contributed by atoms with Gasteiger partial charge >= 0.3 is 0 Å². The number of fused-ring (bicyclic) bond motifs is 1. The third-order valence-corrected chi connectivity index (χ3v) is 1.84. The van der Waals surface area contributed by atoms with Crippen LogP contribution in [0.2, 0.25) is 0 Å². The Labute approximate surface area is 63.9 Å². The quantitative estimate of drug-likeness (QED) is 0.581. The summed E-state index contributed by atoms with van der Waals surface area (Å²) in [6, 6.07) is 5.01. The van der Waals surface area contributed by atoms with E-state index < -0.39 is 6.29 Å². The zero-order valence-corrected chi connectivity index (χ0v) is 5.82. The van der Waals surface area contributed by atoms with Crippen molar-refractivity contribution >= 4 is 0 Å². The van der Waals surface area contributed by atoms with E-state index in [1.807, 2.05) is 0 Å². The fourth-order valence-corrected chi connectivity index (χ4v) is 1.23. The van der Waals surface area contributed by atoms with Gasteiger partial charge in [0.25, 0.3) is 0 Å². The molecular weight excluding hydrogens is 144 g/mol. The molecule has 1 atom stereocenters. The van der Waals surface area contributed by atoms with E-state index in [2.05, 4.69) is 0 Å². The molecule has 1 heterocycles. The van der Waals surface area contributed by atoms with Crippen molar-refractivity contribution in [3.05, 3.63) is 29.3 Å². The highest BCUT2D eigenvalue weighted by molar-refractivity contribution is 5.41. The van der Waals surface area contributed by atoms with Gasteiger partial charge < -0.3 is 14.9 Å². The van der Waals surface area contributed by atoms with Gasteiger partial charge in [0.1, 0.15) is 5.75 Å². The van der Waals surface area contributed by atoms with Gasteiger partial charge in [0.05, 0.1) is 6.61 Å². The summed E-state index contributed by atoms with van der Waals surface area (Å²) in [6.45, 7) is 0.295. The summed E-state index contributed by atoms with van der Waals surface area (Å²) in [5.74, 6) is 0.194. The Morgan fingerprint density at radius 3 is 3.00 bits per heavy atom. The second kappa shape index (κ2) is 2.22. The molecule has 0 bridgehead atoms. The summed E-state index contributed by atoms with van der Waals surface area (Å²) in [4.78, 5) is 0. The number of aliphatic hydroxyl groups is 1. The van der Waals surface area contributed by atoms with Gasteiger partial charge in [-0.15, -0.1) is 0 Å². The average Bonchev–Trinajstić information content (AvgIpc) is 2.35. The third kappa shape index (κ3) is 0.895. The zero-order valence-electron chi connectivity index (χ0n) is 5.82. The van der Waals surface area contributed by atoms with Gasteiger partial charge in [0.15, 0.2) is 6.29 Å². The molecule has 0 fully saturated rings. The maximum Gasteiger partial charge on any atom is 0.182 e. The fraction of sp³-hybridized carbons (Fsp3) is 0.250. The van der Waals surface area contributed by atoms with Crippen LogP contribution in [-0.2, 0) is 11.3 Å². The number of ether oxygens (including phenoxy) is 1. The van der Waals surface area contributed by atoms with Crippen LogP contribution in [0.5, 0.6) is 5.75 Å². The molecule has 0 aliphatic carbocycles. The second-order valence-electron chi connectivity index (χ2n) is 2.51. The van der Waals surface area contributed by atoms with Crippen molar-refractivity contribution in [2.45, 2.75) is 12.9 Å². The molecule has 3 heteroatoms. The molecular formula is C8H8O3. The van der Waals surface area contributed by atoms with Crippen molar-refractivity contribution in [3.8, 4) is 5.75 Å². The van der Waals surface area contributed by atoms with Crippen molar-refractivity contribution in [3.63, 3.8) is 0 Å². The van der Waals surface area contributed by atoms with E-state index in [0.29, 0.717) is 17.7 Å². The Hall–Kier alpha value is -1.06. The van der Waals surface area contributed by atoms with Gasteiger partial charge in [-0.2, -0.15) is 0 Å². The number of aromatic hydroxyl groups is 1. The highest BCUT2D eigenvalue weighted by Gasteiger charge is 2.22. The number of hydrogen-bond acceptors (Lipinski definition) is 3. The summed E-state index contributed by atoms with van der Waals surface area (Å²) >= 11 is 0. The predicted molar refractivity (Wildman–Crippen MR) is 37.9 cm³/mol. The van der Waals surface area contributed by atoms with Gasteiger partial charge in [-0.25, -0.2) is 0 Å².